The van der Waals surface area contributed by atoms with Gasteiger partial charge in [0, 0.05) is 6.08 Å². The minimum Gasteiger partial charge on any atom is -0.463 e. The summed E-state index contributed by atoms with van der Waals surface area (Å²) in [7, 11) is 0. The molecule has 0 aliphatic carbocycles. The van der Waals surface area contributed by atoms with Crippen molar-refractivity contribution in [1.29, 1.82) is 0 Å². The van der Waals surface area contributed by atoms with Gasteiger partial charge >= 0.3 is 5.97 Å². The van der Waals surface area contributed by atoms with E-state index in [4.69, 9.17) is 0 Å². The standard InChI is InChI=1S/C8H10.C7H12O2/c1-7-3-5-8(2)6-4-7;1-3-5-6-9-7(8)4-2/h3-6H,1-2H3;4H,2-3,5-6H2,1H3. The van der Waals surface area contributed by atoms with Gasteiger partial charge in [0.15, 0.2) is 0 Å². The van der Waals surface area contributed by atoms with Crippen molar-refractivity contribution in [3.63, 3.8) is 0 Å². The Hall–Kier alpha value is -1.57. The van der Waals surface area contributed by atoms with Crippen molar-refractivity contribution in [3.05, 3.63) is 48.0 Å². The van der Waals surface area contributed by atoms with Crippen molar-refractivity contribution in [3.8, 4) is 0 Å². The summed E-state index contributed by atoms with van der Waals surface area (Å²) in [6.07, 6.45) is 3.15. The Kier molecular flexibility index (Phi) is 8.75. The zero-order valence-corrected chi connectivity index (χ0v) is 11.0. The minimum atomic E-state index is -0.330. The summed E-state index contributed by atoms with van der Waals surface area (Å²) in [5.41, 5.74) is 2.66. The Morgan fingerprint density at radius 3 is 2.06 bits per heavy atom. The van der Waals surface area contributed by atoms with E-state index in [9.17, 15) is 4.79 Å². The number of hydrogen-bond donors (Lipinski definition) is 0. The molecule has 0 aliphatic rings. The van der Waals surface area contributed by atoms with E-state index >= 15 is 0 Å². The maximum atomic E-state index is 10.3. The number of aryl methyl sites for hydroxylation is 2. The molecule has 0 unspecified atom stereocenters. The van der Waals surface area contributed by atoms with Crippen LogP contribution in [0.3, 0.4) is 0 Å². The van der Waals surface area contributed by atoms with E-state index in [1.54, 1.807) is 0 Å². The Morgan fingerprint density at radius 1 is 1.24 bits per heavy atom. The van der Waals surface area contributed by atoms with Crippen LogP contribution in [0.1, 0.15) is 30.9 Å². The number of hydrogen-bond acceptors (Lipinski definition) is 2. The molecule has 2 nitrogen and oxygen atoms in total. The van der Waals surface area contributed by atoms with Crippen LogP contribution in [0.4, 0.5) is 0 Å². The van der Waals surface area contributed by atoms with Crippen LogP contribution in [0.25, 0.3) is 0 Å². The van der Waals surface area contributed by atoms with Crippen LogP contribution >= 0.6 is 0 Å². The predicted octanol–water partition coefficient (Wildman–Crippen LogP) is 3.82. The van der Waals surface area contributed by atoms with Crippen LogP contribution in [0.2, 0.25) is 0 Å². The topological polar surface area (TPSA) is 26.3 Å². The fourth-order valence-electron chi connectivity index (χ4n) is 1.01. The molecule has 0 aliphatic heterocycles. The molecule has 0 fully saturated rings. The van der Waals surface area contributed by atoms with Gasteiger partial charge in [-0.25, -0.2) is 4.79 Å². The Morgan fingerprint density at radius 2 is 1.71 bits per heavy atom. The van der Waals surface area contributed by atoms with Crippen LogP contribution in [-0.4, -0.2) is 12.6 Å². The maximum absolute atomic E-state index is 10.3. The molecule has 0 bridgehead atoms. The van der Waals surface area contributed by atoms with Gasteiger partial charge in [0.05, 0.1) is 6.61 Å². The van der Waals surface area contributed by atoms with E-state index in [2.05, 4.69) is 49.4 Å². The quantitative estimate of drug-likeness (QED) is 0.450. The number of unbranched alkanes of at least 4 members (excludes halogenated alkanes) is 1. The monoisotopic (exact) mass is 234 g/mol. The molecule has 1 aromatic carbocycles. The summed E-state index contributed by atoms with van der Waals surface area (Å²) in [4.78, 5) is 10.3. The van der Waals surface area contributed by atoms with Gasteiger partial charge in [0.25, 0.3) is 0 Å². The molecule has 94 valence electrons. The van der Waals surface area contributed by atoms with E-state index in [1.807, 2.05) is 6.92 Å². The molecule has 1 rings (SSSR count). The van der Waals surface area contributed by atoms with Crippen molar-refractivity contribution in [1.82, 2.24) is 0 Å². The largest absolute Gasteiger partial charge is 0.463 e. The molecule has 0 N–H and O–H groups in total. The predicted molar refractivity (Wildman–Crippen MR) is 72.0 cm³/mol. The Bertz CT molecular complexity index is 304. The van der Waals surface area contributed by atoms with Gasteiger partial charge in [0.1, 0.15) is 0 Å². The second kappa shape index (κ2) is 9.64. The number of benzene rings is 1. The fourth-order valence-corrected chi connectivity index (χ4v) is 1.01. The second-order valence-corrected chi connectivity index (χ2v) is 3.88. The van der Waals surface area contributed by atoms with E-state index in [1.165, 1.54) is 17.2 Å². The average molecular weight is 234 g/mol. The summed E-state index contributed by atoms with van der Waals surface area (Å²) in [5.74, 6) is -0.330. The molecule has 0 spiro atoms. The molecule has 17 heavy (non-hydrogen) atoms. The van der Waals surface area contributed by atoms with E-state index in [0.717, 1.165) is 12.8 Å². The lowest BCUT2D eigenvalue weighted by Crippen LogP contribution is -2.00. The number of ether oxygens (including phenoxy) is 1. The van der Waals surface area contributed by atoms with E-state index in [-0.39, 0.29) is 5.97 Å². The summed E-state index contributed by atoms with van der Waals surface area (Å²) in [6.45, 7) is 10.0. The summed E-state index contributed by atoms with van der Waals surface area (Å²) >= 11 is 0. The van der Waals surface area contributed by atoms with Crippen molar-refractivity contribution < 1.29 is 9.53 Å². The van der Waals surface area contributed by atoms with Crippen molar-refractivity contribution in [2.75, 3.05) is 6.61 Å². The molecule has 0 radical (unpaired) electrons. The molecule has 0 saturated carbocycles. The lowest BCUT2D eigenvalue weighted by molar-refractivity contribution is -0.137. The van der Waals surface area contributed by atoms with Crippen molar-refractivity contribution >= 4 is 5.97 Å². The summed E-state index contributed by atoms with van der Waals surface area (Å²) in [5, 5.41) is 0. The number of carbonyl (C=O) groups is 1. The van der Waals surface area contributed by atoms with Gasteiger partial charge in [0.2, 0.25) is 0 Å². The van der Waals surface area contributed by atoms with Gasteiger partial charge < -0.3 is 4.74 Å². The molecule has 0 amide bonds. The van der Waals surface area contributed by atoms with Crippen molar-refractivity contribution in [2.24, 2.45) is 0 Å². The third-order valence-electron chi connectivity index (χ3n) is 2.13. The summed E-state index contributed by atoms with van der Waals surface area (Å²) < 4.78 is 4.67. The molecule has 0 aromatic heterocycles. The lowest BCUT2D eigenvalue weighted by Gasteiger charge is -1.97. The van der Waals surface area contributed by atoms with Crippen LogP contribution < -0.4 is 0 Å². The second-order valence-electron chi connectivity index (χ2n) is 3.88. The average Bonchev–Trinajstić information content (AvgIpc) is 2.34. The van der Waals surface area contributed by atoms with Crippen LogP contribution in [0.5, 0.6) is 0 Å². The fraction of sp³-hybridized carbons (Fsp3) is 0.400. The Labute approximate surface area is 104 Å². The molecule has 1 aromatic rings. The zero-order chi connectivity index (χ0) is 13.1. The third kappa shape index (κ3) is 9.36. The Balaban J connectivity index is 0.000000302. The highest BCUT2D eigenvalue weighted by atomic mass is 16.5. The first-order chi connectivity index (χ1) is 8.10. The SMILES string of the molecule is C=CC(=O)OCCCC.Cc1ccc(C)cc1. The highest BCUT2D eigenvalue weighted by molar-refractivity contribution is 5.81. The normalized spacial score (nSPS) is 8.88. The smallest absolute Gasteiger partial charge is 0.330 e. The third-order valence-corrected chi connectivity index (χ3v) is 2.13. The highest BCUT2D eigenvalue weighted by Crippen LogP contribution is 1.99. The van der Waals surface area contributed by atoms with Gasteiger partial charge in [-0.15, -0.1) is 0 Å². The first kappa shape index (κ1) is 15.4. The molecule has 0 atom stereocenters. The molecule has 0 heterocycles. The van der Waals surface area contributed by atoms with E-state index in [0.29, 0.717) is 6.61 Å². The van der Waals surface area contributed by atoms with Gasteiger partial charge in [-0.2, -0.15) is 0 Å². The molecule has 0 saturated heterocycles. The first-order valence-electron chi connectivity index (χ1n) is 5.92. The number of rotatable bonds is 4. The maximum Gasteiger partial charge on any atom is 0.330 e. The van der Waals surface area contributed by atoms with Gasteiger partial charge in [-0.3, -0.25) is 0 Å². The molecular formula is C15H22O2. The van der Waals surface area contributed by atoms with Crippen LogP contribution in [-0.2, 0) is 9.53 Å². The zero-order valence-electron chi connectivity index (χ0n) is 11.0. The van der Waals surface area contributed by atoms with Gasteiger partial charge in [-0.1, -0.05) is 55.3 Å². The van der Waals surface area contributed by atoms with E-state index < -0.39 is 0 Å². The molecular weight excluding hydrogens is 212 g/mol. The highest BCUT2D eigenvalue weighted by Gasteiger charge is 1.91. The van der Waals surface area contributed by atoms with Gasteiger partial charge in [-0.05, 0) is 20.3 Å². The number of esters is 1. The van der Waals surface area contributed by atoms with Crippen LogP contribution in [0, 0.1) is 13.8 Å². The van der Waals surface area contributed by atoms with Crippen molar-refractivity contribution in [2.45, 2.75) is 33.6 Å². The van der Waals surface area contributed by atoms with Crippen LogP contribution in [0.15, 0.2) is 36.9 Å². The molecule has 2 heteroatoms. The minimum absolute atomic E-state index is 0.330. The first-order valence-corrected chi connectivity index (χ1v) is 5.92. The summed E-state index contributed by atoms with van der Waals surface area (Å²) in [6, 6.07) is 8.48. The lowest BCUT2D eigenvalue weighted by atomic mass is 10.2. The number of carbonyl (C=O) groups excluding carboxylic acids is 1.